The van der Waals surface area contributed by atoms with E-state index in [-0.39, 0.29) is 0 Å². The van der Waals surface area contributed by atoms with Crippen LogP contribution in [0.15, 0.2) is 30.2 Å². The van der Waals surface area contributed by atoms with E-state index in [2.05, 4.69) is 26.4 Å². The molecule has 0 unspecified atom stereocenters. The Labute approximate surface area is 102 Å². The van der Waals surface area contributed by atoms with Crippen molar-refractivity contribution in [1.82, 2.24) is 19.6 Å². The van der Waals surface area contributed by atoms with E-state index in [1.165, 1.54) is 4.88 Å². The number of nitrogens with zero attached hydrogens (tertiary/aromatic N) is 4. The highest BCUT2D eigenvalue weighted by atomic mass is 32.1. The molecule has 0 aromatic carbocycles. The minimum absolute atomic E-state index is 0.753. The highest BCUT2D eigenvalue weighted by Crippen LogP contribution is 2.15. The van der Waals surface area contributed by atoms with E-state index in [1.807, 2.05) is 24.7 Å². The highest BCUT2D eigenvalue weighted by Gasteiger charge is 2.04. The standard InChI is InChI=1S/C11H11N5S/c1-8-2-10(13-5-9-4-12-7-17-9)16-11(3-8)14-6-15-16/h2-4,6-7,13H,5H2,1H3. The first-order valence-corrected chi connectivity index (χ1v) is 6.12. The van der Waals surface area contributed by atoms with Gasteiger partial charge < -0.3 is 5.32 Å². The molecule has 3 rings (SSSR count). The maximum Gasteiger partial charge on any atom is 0.157 e. The lowest BCUT2D eigenvalue weighted by molar-refractivity contribution is 0.943. The van der Waals surface area contributed by atoms with Gasteiger partial charge >= 0.3 is 0 Å². The number of nitrogens with one attached hydrogen (secondary N) is 1. The van der Waals surface area contributed by atoms with Gasteiger partial charge in [0.15, 0.2) is 5.65 Å². The van der Waals surface area contributed by atoms with Crippen LogP contribution in [-0.2, 0) is 6.54 Å². The molecule has 0 spiro atoms. The summed E-state index contributed by atoms with van der Waals surface area (Å²) in [5, 5.41) is 7.54. The number of hydrogen-bond acceptors (Lipinski definition) is 5. The molecule has 3 aromatic rings. The van der Waals surface area contributed by atoms with Gasteiger partial charge in [-0.3, -0.25) is 4.98 Å². The summed E-state index contributed by atoms with van der Waals surface area (Å²) in [5.41, 5.74) is 3.85. The van der Waals surface area contributed by atoms with Gasteiger partial charge in [0.25, 0.3) is 0 Å². The Hall–Kier alpha value is -1.95. The topological polar surface area (TPSA) is 55.1 Å². The number of hydrogen-bond donors (Lipinski definition) is 1. The number of anilines is 1. The summed E-state index contributed by atoms with van der Waals surface area (Å²) >= 11 is 1.63. The zero-order valence-electron chi connectivity index (χ0n) is 9.29. The van der Waals surface area contributed by atoms with Crippen molar-refractivity contribution in [2.75, 3.05) is 5.32 Å². The molecule has 0 atom stereocenters. The highest BCUT2D eigenvalue weighted by molar-refractivity contribution is 7.09. The largest absolute Gasteiger partial charge is 0.365 e. The number of fused-ring (bicyclic) bond motifs is 1. The predicted octanol–water partition coefficient (Wildman–Crippen LogP) is 2.11. The summed E-state index contributed by atoms with van der Waals surface area (Å²) in [5.74, 6) is 0.950. The molecule has 86 valence electrons. The first-order chi connectivity index (χ1) is 8.33. The Balaban J connectivity index is 1.91. The van der Waals surface area contributed by atoms with Crippen LogP contribution in [-0.4, -0.2) is 19.6 Å². The summed E-state index contributed by atoms with van der Waals surface area (Å²) < 4.78 is 1.80. The van der Waals surface area contributed by atoms with E-state index in [4.69, 9.17) is 0 Å². The van der Waals surface area contributed by atoms with Crippen LogP contribution in [0.25, 0.3) is 5.65 Å². The van der Waals surface area contributed by atoms with E-state index in [0.29, 0.717) is 0 Å². The van der Waals surface area contributed by atoms with E-state index < -0.39 is 0 Å². The summed E-state index contributed by atoms with van der Waals surface area (Å²) in [4.78, 5) is 9.43. The number of pyridine rings is 1. The second-order valence-electron chi connectivity index (χ2n) is 3.77. The summed E-state index contributed by atoms with van der Waals surface area (Å²) in [7, 11) is 0. The Bertz CT molecular complexity index is 628. The number of rotatable bonds is 3. The van der Waals surface area contributed by atoms with Crippen molar-refractivity contribution >= 4 is 22.8 Å². The van der Waals surface area contributed by atoms with E-state index in [9.17, 15) is 0 Å². The quantitative estimate of drug-likeness (QED) is 0.767. The van der Waals surface area contributed by atoms with Gasteiger partial charge in [-0.25, -0.2) is 4.98 Å². The number of aromatic nitrogens is 4. The van der Waals surface area contributed by atoms with Crippen LogP contribution < -0.4 is 5.32 Å². The second kappa shape index (κ2) is 4.14. The Morgan fingerprint density at radius 1 is 1.41 bits per heavy atom. The van der Waals surface area contributed by atoms with Crippen molar-refractivity contribution < 1.29 is 0 Å². The van der Waals surface area contributed by atoms with E-state index in [1.54, 1.807) is 22.2 Å². The van der Waals surface area contributed by atoms with Gasteiger partial charge in [0, 0.05) is 11.1 Å². The molecular formula is C11H11N5S. The molecule has 3 aromatic heterocycles. The molecule has 5 nitrogen and oxygen atoms in total. The Morgan fingerprint density at radius 2 is 2.35 bits per heavy atom. The fourth-order valence-corrected chi connectivity index (χ4v) is 2.22. The maximum absolute atomic E-state index is 4.19. The fraction of sp³-hybridized carbons (Fsp3) is 0.182. The molecule has 0 fully saturated rings. The first-order valence-electron chi connectivity index (χ1n) is 5.24. The molecule has 0 amide bonds. The van der Waals surface area contributed by atoms with Gasteiger partial charge in [-0.2, -0.15) is 9.61 Å². The van der Waals surface area contributed by atoms with Crippen molar-refractivity contribution in [3.05, 3.63) is 40.6 Å². The number of thiazole rings is 1. The van der Waals surface area contributed by atoms with Crippen molar-refractivity contribution in [2.24, 2.45) is 0 Å². The van der Waals surface area contributed by atoms with Gasteiger partial charge in [0.1, 0.15) is 12.1 Å². The average Bonchev–Trinajstić information content (AvgIpc) is 2.95. The van der Waals surface area contributed by atoms with Crippen molar-refractivity contribution in [1.29, 1.82) is 0 Å². The molecule has 0 aliphatic rings. The van der Waals surface area contributed by atoms with Crippen molar-refractivity contribution in [3.8, 4) is 0 Å². The summed E-state index contributed by atoms with van der Waals surface area (Å²) in [6.07, 6.45) is 3.43. The lowest BCUT2D eigenvalue weighted by Crippen LogP contribution is -2.04. The summed E-state index contributed by atoms with van der Waals surface area (Å²) in [6, 6.07) is 4.06. The Morgan fingerprint density at radius 3 is 3.18 bits per heavy atom. The van der Waals surface area contributed by atoms with Gasteiger partial charge in [-0.05, 0) is 24.6 Å². The zero-order chi connectivity index (χ0) is 11.7. The van der Waals surface area contributed by atoms with Crippen LogP contribution in [0.4, 0.5) is 5.82 Å². The van der Waals surface area contributed by atoms with E-state index in [0.717, 1.165) is 23.6 Å². The fourth-order valence-electron chi connectivity index (χ4n) is 1.69. The molecule has 0 aliphatic heterocycles. The number of aryl methyl sites for hydroxylation is 1. The summed E-state index contributed by atoms with van der Waals surface area (Å²) in [6.45, 7) is 2.80. The third-order valence-electron chi connectivity index (χ3n) is 2.45. The van der Waals surface area contributed by atoms with Crippen LogP contribution in [0.3, 0.4) is 0 Å². The zero-order valence-corrected chi connectivity index (χ0v) is 10.1. The minimum Gasteiger partial charge on any atom is -0.365 e. The van der Waals surface area contributed by atoms with Crippen molar-refractivity contribution in [3.63, 3.8) is 0 Å². The molecule has 6 heteroatoms. The smallest absolute Gasteiger partial charge is 0.157 e. The van der Waals surface area contributed by atoms with Gasteiger partial charge in [-0.15, -0.1) is 11.3 Å². The monoisotopic (exact) mass is 245 g/mol. The van der Waals surface area contributed by atoms with Crippen LogP contribution >= 0.6 is 11.3 Å². The predicted molar refractivity (Wildman–Crippen MR) is 67.2 cm³/mol. The third kappa shape index (κ3) is 1.99. The molecule has 1 N–H and O–H groups in total. The first kappa shape index (κ1) is 10.2. The van der Waals surface area contributed by atoms with Crippen LogP contribution in [0.2, 0.25) is 0 Å². The molecule has 0 bridgehead atoms. The van der Waals surface area contributed by atoms with Crippen molar-refractivity contribution in [2.45, 2.75) is 13.5 Å². The molecule has 0 radical (unpaired) electrons. The van der Waals surface area contributed by atoms with Gasteiger partial charge in [0.2, 0.25) is 0 Å². The Kier molecular flexibility index (Phi) is 2.49. The van der Waals surface area contributed by atoms with Crippen LogP contribution in [0.5, 0.6) is 0 Å². The third-order valence-corrected chi connectivity index (χ3v) is 3.23. The van der Waals surface area contributed by atoms with Crippen LogP contribution in [0, 0.1) is 6.92 Å². The average molecular weight is 245 g/mol. The van der Waals surface area contributed by atoms with Crippen LogP contribution in [0.1, 0.15) is 10.4 Å². The SMILES string of the molecule is Cc1cc(NCc2cncs2)n2ncnc2c1. The normalized spacial score (nSPS) is 10.9. The minimum atomic E-state index is 0.753. The molecule has 3 heterocycles. The van der Waals surface area contributed by atoms with E-state index >= 15 is 0 Å². The molecule has 0 aliphatic carbocycles. The molecular weight excluding hydrogens is 234 g/mol. The molecule has 0 saturated heterocycles. The van der Waals surface area contributed by atoms with Gasteiger partial charge in [-0.1, -0.05) is 0 Å². The second-order valence-corrected chi connectivity index (χ2v) is 4.74. The lowest BCUT2D eigenvalue weighted by atomic mass is 10.3. The lowest BCUT2D eigenvalue weighted by Gasteiger charge is -2.07. The maximum atomic E-state index is 4.19. The van der Waals surface area contributed by atoms with Gasteiger partial charge in [0.05, 0.1) is 12.1 Å². The molecule has 17 heavy (non-hydrogen) atoms. The molecule has 0 saturated carbocycles.